The molecule has 2 heterocycles. The Bertz CT molecular complexity index is 1570. The van der Waals surface area contributed by atoms with Crippen molar-refractivity contribution in [3.05, 3.63) is 89.3 Å². The van der Waals surface area contributed by atoms with Crippen LogP contribution in [0.2, 0.25) is 0 Å². The molecule has 0 bridgehead atoms. The zero-order valence-corrected chi connectivity index (χ0v) is 20.8. The molecule has 0 aliphatic carbocycles. The van der Waals surface area contributed by atoms with E-state index < -0.39 is 5.97 Å². The molecule has 3 aromatic carbocycles. The topological polar surface area (TPSA) is 77.8 Å². The lowest BCUT2D eigenvalue weighted by atomic mass is 10.0. The highest BCUT2D eigenvalue weighted by Crippen LogP contribution is 2.46. The van der Waals surface area contributed by atoms with Crippen LogP contribution in [0.3, 0.4) is 0 Å². The molecule has 0 unspecified atom stereocenters. The van der Waals surface area contributed by atoms with Crippen molar-refractivity contribution in [3.63, 3.8) is 0 Å². The van der Waals surface area contributed by atoms with Crippen molar-refractivity contribution in [2.24, 2.45) is 0 Å². The molecule has 0 radical (unpaired) electrons. The van der Waals surface area contributed by atoms with Crippen LogP contribution >= 0.6 is 11.3 Å². The fourth-order valence-electron chi connectivity index (χ4n) is 4.12. The maximum absolute atomic E-state index is 13.2. The van der Waals surface area contributed by atoms with E-state index in [4.69, 9.17) is 13.9 Å². The van der Waals surface area contributed by atoms with Crippen LogP contribution < -0.4 is 14.8 Å². The summed E-state index contributed by atoms with van der Waals surface area (Å²) in [5, 5.41) is 5.50. The standard InChI is InChI=1S/C29H23NO5S/c1-17-7-4-5-8-22(17)28(32)30-29-27(25-9-6-14-36-25)26-23(34-18(2)31)15-20(16-24(26)35-29)19-10-12-21(33-3)13-11-19/h4-16H,1-3H3,(H,30,32). The minimum atomic E-state index is -0.452. The number of ether oxygens (including phenoxy) is 2. The van der Waals surface area contributed by atoms with E-state index in [0.29, 0.717) is 33.7 Å². The lowest BCUT2D eigenvalue weighted by molar-refractivity contribution is -0.131. The van der Waals surface area contributed by atoms with Gasteiger partial charge in [-0.2, -0.15) is 0 Å². The van der Waals surface area contributed by atoms with Crippen LogP contribution in [0.4, 0.5) is 5.88 Å². The third-order valence-corrected chi connectivity index (χ3v) is 6.70. The number of anilines is 1. The molecule has 5 aromatic rings. The Kier molecular flexibility index (Phi) is 6.31. The highest BCUT2D eigenvalue weighted by molar-refractivity contribution is 7.13. The molecular weight excluding hydrogens is 474 g/mol. The number of carbonyl (C=O) groups excluding carboxylic acids is 2. The molecular formula is C29H23NO5S. The lowest BCUT2D eigenvalue weighted by Gasteiger charge is -2.09. The van der Waals surface area contributed by atoms with Gasteiger partial charge < -0.3 is 13.9 Å². The van der Waals surface area contributed by atoms with Crippen molar-refractivity contribution < 1.29 is 23.5 Å². The van der Waals surface area contributed by atoms with Crippen LogP contribution in [0.1, 0.15) is 22.8 Å². The highest BCUT2D eigenvalue weighted by atomic mass is 32.1. The summed E-state index contributed by atoms with van der Waals surface area (Å²) < 4.78 is 17.2. The first-order chi connectivity index (χ1) is 17.4. The average molecular weight is 498 g/mol. The predicted molar refractivity (Wildman–Crippen MR) is 142 cm³/mol. The molecule has 0 saturated heterocycles. The zero-order chi connectivity index (χ0) is 25.2. The van der Waals surface area contributed by atoms with Gasteiger partial charge in [-0.05, 0) is 65.4 Å². The average Bonchev–Trinajstić information content (AvgIpc) is 3.51. The van der Waals surface area contributed by atoms with Crippen LogP contribution in [-0.4, -0.2) is 19.0 Å². The Morgan fingerprint density at radius 2 is 1.72 bits per heavy atom. The van der Waals surface area contributed by atoms with Crippen molar-refractivity contribution >= 4 is 40.1 Å². The minimum Gasteiger partial charge on any atom is -0.497 e. The van der Waals surface area contributed by atoms with E-state index in [9.17, 15) is 9.59 Å². The van der Waals surface area contributed by atoms with Crippen molar-refractivity contribution in [1.29, 1.82) is 0 Å². The van der Waals surface area contributed by atoms with E-state index in [2.05, 4.69) is 5.32 Å². The number of furan rings is 1. The number of carbonyl (C=O) groups is 2. The van der Waals surface area contributed by atoms with E-state index in [0.717, 1.165) is 27.3 Å². The first-order valence-corrected chi connectivity index (χ1v) is 12.2. The number of aryl methyl sites for hydroxylation is 1. The summed E-state index contributed by atoms with van der Waals surface area (Å²) in [6, 6.07) is 22.5. The number of methoxy groups -OCH3 is 1. The SMILES string of the molecule is COc1ccc(-c2cc(OC(C)=O)c3c(-c4cccs4)c(NC(=O)c4ccccc4C)oc3c2)cc1. The van der Waals surface area contributed by atoms with Crippen LogP contribution in [0.5, 0.6) is 11.5 Å². The van der Waals surface area contributed by atoms with E-state index in [1.54, 1.807) is 13.2 Å². The maximum atomic E-state index is 13.2. The fourth-order valence-corrected chi connectivity index (χ4v) is 4.89. The van der Waals surface area contributed by atoms with Gasteiger partial charge in [-0.3, -0.25) is 14.9 Å². The number of fused-ring (bicyclic) bond motifs is 1. The number of benzene rings is 3. The second-order valence-corrected chi connectivity index (χ2v) is 9.17. The van der Waals surface area contributed by atoms with Crippen LogP contribution in [-0.2, 0) is 4.79 Å². The summed E-state index contributed by atoms with van der Waals surface area (Å²) in [7, 11) is 1.61. The Hall–Kier alpha value is -4.36. The monoisotopic (exact) mass is 497 g/mol. The summed E-state index contributed by atoms with van der Waals surface area (Å²) in [6.07, 6.45) is 0. The van der Waals surface area contributed by atoms with E-state index in [-0.39, 0.29) is 5.91 Å². The summed E-state index contributed by atoms with van der Waals surface area (Å²) in [5.74, 6) is 0.649. The molecule has 7 heteroatoms. The van der Waals surface area contributed by atoms with Gasteiger partial charge in [-0.15, -0.1) is 11.3 Å². The van der Waals surface area contributed by atoms with Gasteiger partial charge in [0.05, 0.1) is 18.1 Å². The van der Waals surface area contributed by atoms with Gasteiger partial charge in [0, 0.05) is 17.4 Å². The molecule has 0 fully saturated rings. The molecule has 0 saturated carbocycles. The molecule has 180 valence electrons. The Morgan fingerprint density at radius 3 is 2.39 bits per heavy atom. The van der Waals surface area contributed by atoms with Gasteiger partial charge in [-0.25, -0.2) is 0 Å². The molecule has 0 aliphatic rings. The summed E-state index contributed by atoms with van der Waals surface area (Å²) in [4.78, 5) is 26.1. The summed E-state index contributed by atoms with van der Waals surface area (Å²) >= 11 is 1.50. The normalized spacial score (nSPS) is 10.9. The smallest absolute Gasteiger partial charge is 0.308 e. The summed E-state index contributed by atoms with van der Waals surface area (Å²) in [5.41, 5.74) is 4.25. The van der Waals surface area contributed by atoms with E-state index >= 15 is 0 Å². The number of hydrogen-bond donors (Lipinski definition) is 1. The molecule has 5 rings (SSSR count). The number of nitrogens with one attached hydrogen (secondary N) is 1. The van der Waals surface area contributed by atoms with E-state index in [1.807, 2.05) is 79.0 Å². The molecule has 2 aromatic heterocycles. The second kappa shape index (κ2) is 9.71. The van der Waals surface area contributed by atoms with Crippen molar-refractivity contribution in [1.82, 2.24) is 0 Å². The van der Waals surface area contributed by atoms with Crippen LogP contribution in [0, 0.1) is 6.92 Å². The van der Waals surface area contributed by atoms with Crippen molar-refractivity contribution in [2.45, 2.75) is 13.8 Å². The Labute approximate surface area is 212 Å². The van der Waals surface area contributed by atoms with Gasteiger partial charge in [0.25, 0.3) is 5.91 Å². The molecule has 0 aliphatic heterocycles. The van der Waals surface area contributed by atoms with Crippen LogP contribution in [0.25, 0.3) is 32.5 Å². The molecule has 0 spiro atoms. The van der Waals surface area contributed by atoms with Gasteiger partial charge >= 0.3 is 5.97 Å². The third kappa shape index (κ3) is 4.48. The molecule has 6 nitrogen and oxygen atoms in total. The predicted octanol–water partition coefficient (Wildman–Crippen LogP) is 7.32. The quantitative estimate of drug-likeness (QED) is 0.196. The van der Waals surface area contributed by atoms with E-state index in [1.165, 1.54) is 18.3 Å². The van der Waals surface area contributed by atoms with Gasteiger partial charge in [0.15, 0.2) is 0 Å². The highest BCUT2D eigenvalue weighted by Gasteiger charge is 2.24. The number of esters is 1. The van der Waals surface area contributed by atoms with Gasteiger partial charge in [-0.1, -0.05) is 36.4 Å². The van der Waals surface area contributed by atoms with Crippen molar-refractivity contribution in [3.8, 4) is 33.1 Å². The first kappa shape index (κ1) is 23.4. The molecule has 1 N–H and O–H groups in total. The third-order valence-electron chi connectivity index (χ3n) is 5.82. The number of amides is 1. The zero-order valence-electron chi connectivity index (χ0n) is 20.0. The lowest BCUT2D eigenvalue weighted by Crippen LogP contribution is -2.13. The Morgan fingerprint density at radius 1 is 0.944 bits per heavy atom. The molecule has 36 heavy (non-hydrogen) atoms. The van der Waals surface area contributed by atoms with Gasteiger partial charge in [0.1, 0.15) is 17.1 Å². The minimum absolute atomic E-state index is 0.283. The van der Waals surface area contributed by atoms with Crippen LogP contribution in [0.15, 0.2) is 82.6 Å². The number of thiophene rings is 1. The molecule has 1 amide bonds. The number of rotatable bonds is 6. The maximum Gasteiger partial charge on any atom is 0.308 e. The fraction of sp³-hybridized carbons (Fsp3) is 0.103. The summed E-state index contributed by atoms with van der Waals surface area (Å²) in [6.45, 7) is 3.24. The second-order valence-electron chi connectivity index (χ2n) is 8.22. The van der Waals surface area contributed by atoms with Crippen molar-refractivity contribution in [2.75, 3.05) is 12.4 Å². The Balaban J connectivity index is 1.70. The first-order valence-electron chi connectivity index (χ1n) is 11.3. The molecule has 0 atom stereocenters. The number of hydrogen-bond acceptors (Lipinski definition) is 6. The largest absolute Gasteiger partial charge is 0.497 e. The van der Waals surface area contributed by atoms with Gasteiger partial charge in [0.2, 0.25) is 5.88 Å².